The molecule has 1 heterocycles. The third-order valence-electron chi connectivity index (χ3n) is 3.40. The molecular weight excluding hydrogens is 391 g/mol. The first-order valence-electron chi connectivity index (χ1n) is 7.29. The second-order valence-corrected chi connectivity index (χ2v) is 6.51. The molecule has 0 aliphatic rings. The number of aryl methyl sites for hydroxylation is 2. The van der Waals surface area contributed by atoms with Crippen molar-refractivity contribution in [2.45, 2.75) is 26.7 Å². The topological polar surface area (TPSA) is 81.4 Å². The Morgan fingerprint density at radius 1 is 1.20 bits per heavy atom. The highest BCUT2D eigenvalue weighted by atomic mass is 35.5. The van der Waals surface area contributed by atoms with Crippen molar-refractivity contribution in [3.05, 3.63) is 44.2 Å². The third kappa shape index (κ3) is 5.36. The van der Waals surface area contributed by atoms with E-state index >= 15 is 0 Å². The maximum atomic E-state index is 11.9. The van der Waals surface area contributed by atoms with Crippen LogP contribution in [0.3, 0.4) is 0 Å². The fourth-order valence-electron chi connectivity index (χ4n) is 2.14. The Balaban J connectivity index is 1.83. The molecule has 0 saturated carbocycles. The number of hydrogen-bond acceptors (Lipinski definition) is 5. The Kier molecular flexibility index (Phi) is 6.70. The van der Waals surface area contributed by atoms with Gasteiger partial charge >= 0.3 is 5.97 Å². The van der Waals surface area contributed by atoms with Gasteiger partial charge < -0.3 is 14.6 Å². The van der Waals surface area contributed by atoms with Crippen LogP contribution < -0.4 is 5.32 Å². The largest absolute Gasteiger partial charge is 0.456 e. The van der Waals surface area contributed by atoms with Gasteiger partial charge in [-0.3, -0.25) is 9.59 Å². The lowest BCUT2D eigenvalue weighted by Crippen LogP contribution is -2.21. The van der Waals surface area contributed by atoms with Crippen LogP contribution in [0.5, 0.6) is 0 Å². The van der Waals surface area contributed by atoms with Crippen molar-refractivity contribution in [1.29, 1.82) is 0 Å². The highest BCUT2D eigenvalue weighted by Gasteiger charge is 2.15. The zero-order chi connectivity index (χ0) is 18.6. The van der Waals surface area contributed by atoms with E-state index in [1.165, 1.54) is 12.1 Å². The molecule has 0 saturated heterocycles. The van der Waals surface area contributed by atoms with Crippen LogP contribution >= 0.6 is 34.8 Å². The van der Waals surface area contributed by atoms with Crippen molar-refractivity contribution in [2.24, 2.45) is 0 Å². The van der Waals surface area contributed by atoms with Gasteiger partial charge in [-0.15, -0.1) is 0 Å². The first kappa shape index (κ1) is 19.6. The molecule has 1 amide bonds. The van der Waals surface area contributed by atoms with Crippen LogP contribution in [0.2, 0.25) is 15.1 Å². The van der Waals surface area contributed by atoms with Gasteiger partial charge in [-0.25, -0.2) is 0 Å². The predicted molar refractivity (Wildman–Crippen MR) is 95.4 cm³/mol. The third-order valence-corrected chi connectivity index (χ3v) is 4.21. The molecule has 1 N–H and O–H groups in total. The van der Waals surface area contributed by atoms with Crippen LogP contribution in [0.4, 0.5) is 5.69 Å². The van der Waals surface area contributed by atoms with Gasteiger partial charge in [0.25, 0.3) is 5.91 Å². The Hall–Kier alpha value is -1.76. The van der Waals surface area contributed by atoms with Crippen molar-refractivity contribution >= 4 is 52.4 Å². The number of amides is 1. The summed E-state index contributed by atoms with van der Waals surface area (Å²) in [6.45, 7) is 3.12. The second kappa shape index (κ2) is 8.56. The SMILES string of the molecule is Cc1noc(C)c1CCC(=O)OCC(=O)Nc1c(Cl)cc(Cl)cc1Cl. The van der Waals surface area contributed by atoms with Gasteiger partial charge in [-0.05, 0) is 32.4 Å². The lowest BCUT2D eigenvalue weighted by molar-refractivity contribution is -0.147. The highest BCUT2D eigenvalue weighted by Crippen LogP contribution is 2.33. The number of nitrogens with one attached hydrogen (secondary N) is 1. The average Bonchev–Trinajstić information content (AvgIpc) is 2.85. The molecule has 0 radical (unpaired) electrons. The van der Waals surface area contributed by atoms with Crippen molar-refractivity contribution < 1.29 is 18.8 Å². The maximum Gasteiger partial charge on any atom is 0.306 e. The number of aromatic nitrogens is 1. The van der Waals surface area contributed by atoms with Gasteiger partial charge in [0.05, 0.1) is 21.4 Å². The fourth-order valence-corrected chi connectivity index (χ4v) is 3.05. The lowest BCUT2D eigenvalue weighted by Gasteiger charge is -2.10. The monoisotopic (exact) mass is 404 g/mol. The Morgan fingerprint density at radius 2 is 1.84 bits per heavy atom. The number of esters is 1. The van der Waals surface area contributed by atoms with Crippen LogP contribution in [0, 0.1) is 13.8 Å². The van der Waals surface area contributed by atoms with E-state index in [4.69, 9.17) is 44.1 Å². The summed E-state index contributed by atoms with van der Waals surface area (Å²) >= 11 is 17.7. The van der Waals surface area contributed by atoms with E-state index in [9.17, 15) is 9.59 Å². The molecule has 2 aromatic rings. The predicted octanol–water partition coefficient (Wildman–Crippen LogP) is 4.37. The van der Waals surface area contributed by atoms with Crippen molar-refractivity contribution in [1.82, 2.24) is 5.16 Å². The minimum atomic E-state index is -0.559. The lowest BCUT2D eigenvalue weighted by atomic mass is 10.1. The molecule has 25 heavy (non-hydrogen) atoms. The zero-order valence-electron chi connectivity index (χ0n) is 13.5. The number of carbonyl (C=O) groups is 2. The molecule has 9 heteroatoms. The normalized spacial score (nSPS) is 10.6. The van der Waals surface area contributed by atoms with E-state index in [2.05, 4.69) is 10.5 Å². The van der Waals surface area contributed by atoms with Crippen LogP contribution in [0.15, 0.2) is 16.7 Å². The molecular formula is C16H15Cl3N2O4. The summed E-state index contributed by atoms with van der Waals surface area (Å²) in [7, 11) is 0. The minimum absolute atomic E-state index is 0.110. The molecule has 0 aliphatic carbocycles. The summed E-state index contributed by atoms with van der Waals surface area (Å²) < 4.78 is 9.97. The number of hydrogen-bond donors (Lipinski definition) is 1. The Morgan fingerprint density at radius 3 is 2.40 bits per heavy atom. The van der Waals surface area contributed by atoms with Gasteiger partial charge in [0.15, 0.2) is 6.61 Å². The summed E-state index contributed by atoms with van der Waals surface area (Å²) in [5, 5.41) is 7.02. The maximum absolute atomic E-state index is 11.9. The smallest absolute Gasteiger partial charge is 0.306 e. The molecule has 0 fully saturated rings. The summed E-state index contributed by atoms with van der Waals surface area (Å²) in [6.07, 6.45) is 0.537. The molecule has 1 aromatic heterocycles. The first-order valence-corrected chi connectivity index (χ1v) is 8.43. The molecule has 6 nitrogen and oxygen atoms in total. The first-order chi connectivity index (χ1) is 11.8. The van der Waals surface area contributed by atoms with Gasteiger partial charge in [-0.1, -0.05) is 40.0 Å². The summed E-state index contributed by atoms with van der Waals surface area (Å²) in [5.74, 6) is -0.407. The number of benzene rings is 1. The van der Waals surface area contributed by atoms with E-state index in [1.807, 2.05) is 0 Å². The van der Waals surface area contributed by atoms with Gasteiger partial charge in [0.2, 0.25) is 0 Å². The van der Waals surface area contributed by atoms with E-state index in [0.717, 1.165) is 11.3 Å². The molecule has 0 aliphatic heterocycles. The van der Waals surface area contributed by atoms with E-state index < -0.39 is 18.5 Å². The fraction of sp³-hybridized carbons (Fsp3) is 0.312. The highest BCUT2D eigenvalue weighted by molar-refractivity contribution is 6.42. The Labute approximate surface area is 159 Å². The number of ether oxygens (including phenoxy) is 1. The quantitative estimate of drug-likeness (QED) is 0.722. The number of carbonyl (C=O) groups excluding carboxylic acids is 2. The van der Waals surface area contributed by atoms with Crippen molar-refractivity contribution in [2.75, 3.05) is 11.9 Å². The standard InChI is InChI=1S/C16H15Cl3N2O4/c1-8-11(9(2)25-21-8)3-4-15(23)24-7-14(22)20-16-12(18)5-10(17)6-13(16)19/h5-6H,3-4,7H2,1-2H3,(H,20,22). The number of rotatable bonds is 6. The zero-order valence-corrected chi connectivity index (χ0v) is 15.8. The van der Waals surface area contributed by atoms with Crippen LogP contribution in [-0.4, -0.2) is 23.6 Å². The molecule has 0 atom stereocenters. The summed E-state index contributed by atoms with van der Waals surface area (Å²) in [6, 6.07) is 2.89. The van der Waals surface area contributed by atoms with Crippen LogP contribution in [0.25, 0.3) is 0 Å². The number of halogens is 3. The minimum Gasteiger partial charge on any atom is -0.456 e. The van der Waals surface area contributed by atoms with E-state index in [1.54, 1.807) is 13.8 Å². The average molecular weight is 406 g/mol. The van der Waals surface area contributed by atoms with Crippen molar-refractivity contribution in [3.8, 4) is 0 Å². The van der Waals surface area contributed by atoms with Gasteiger partial charge in [-0.2, -0.15) is 0 Å². The second-order valence-electron chi connectivity index (χ2n) is 5.26. The molecule has 2 rings (SSSR count). The molecule has 0 unspecified atom stereocenters. The van der Waals surface area contributed by atoms with Crippen LogP contribution in [0.1, 0.15) is 23.4 Å². The summed E-state index contributed by atoms with van der Waals surface area (Å²) in [5.41, 5.74) is 1.81. The molecule has 0 spiro atoms. The summed E-state index contributed by atoms with van der Waals surface area (Å²) in [4.78, 5) is 23.7. The Bertz CT molecular complexity index is 762. The van der Waals surface area contributed by atoms with Crippen LogP contribution in [-0.2, 0) is 20.7 Å². The van der Waals surface area contributed by atoms with E-state index in [0.29, 0.717) is 17.2 Å². The van der Waals surface area contributed by atoms with E-state index in [-0.39, 0.29) is 22.2 Å². The molecule has 0 bridgehead atoms. The van der Waals surface area contributed by atoms with Gasteiger partial charge in [0, 0.05) is 17.0 Å². The number of nitrogens with zero attached hydrogens (tertiary/aromatic N) is 1. The van der Waals surface area contributed by atoms with Crippen molar-refractivity contribution in [3.63, 3.8) is 0 Å². The molecule has 134 valence electrons. The number of anilines is 1. The molecule has 1 aromatic carbocycles. The van der Waals surface area contributed by atoms with Gasteiger partial charge in [0.1, 0.15) is 5.76 Å².